The first kappa shape index (κ1) is 10.2. The lowest BCUT2D eigenvalue weighted by Gasteiger charge is -2.07. The zero-order valence-corrected chi connectivity index (χ0v) is 8.90. The number of aliphatic imine (C=N–C) groups is 1. The van der Waals surface area contributed by atoms with Gasteiger partial charge in [0.25, 0.3) is 0 Å². The summed E-state index contributed by atoms with van der Waals surface area (Å²) in [4.78, 5) is 4.46. The Bertz CT molecular complexity index is 401. The van der Waals surface area contributed by atoms with Crippen LogP contribution in [0, 0.1) is 0 Å². The first-order valence-electron chi connectivity index (χ1n) is 4.91. The van der Waals surface area contributed by atoms with Crippen LogP contribution in [-0.2, 0) is 4.74 Å². The first-order chi connectivity index (χ1) is 7.11. The van der Waals surface area contributed by atoms with Crippen LogP contribution in [0.4, 0.5) is 0 Å². The standard InChI is InChI=1S/C11H13BNO2/c1-11(2)7-15-10(13-11)8-4-3-5-9(6-8)12-14/h3-6,14H,7H2,1-2H3. The number of nitrogens with zero attached hydrogens (tertiary/aromatic N) is 1. The molecule has 1 N–H and O–H groups in total. The zero-order valence-electron chi connectivity index (χ0n) is 8.90. The lowest BCUT2D eigenvalue weighted by atomic mass is 9.88. The maximum atomic E-state index is 8.90. The molecule has 0 saturated carbocycles. The number of ether oxygens (including phenoxy) is 1. The molecular weight excluding hydrogens is 189 g/mol. The number of rotatable bonds is 2. The average Bonchev–Trinajstić information content (AvgIpc) is 2.59. The highest BCUT2D eigenvalue weighted by Gasteiger charge is 2.26. The summed E-state index contributed by atoms with van der Waals surface area (Å²) in [5.41, 5.74) is 1.51. The summed E-state index contributed by atoms with van der Waals surface area (Å²) in [6.07, 6.45) is 0. The van der Waals surface area contributed by atoms with E-state index >= 15 is 0 Å². The van der Waals surface area contributed by atoms with Gasteiger partial charge in [-0.25, -0.2) is 4.99 Å². The largest absolute Gasteiger partial charge is 0.475 e. The SMILES string of the molecule is CC1(C)COC(c2cccc([B]O)c2)=N1. The van der Waals surface area contributed by atoms with E-state index in [0.717, 1.165) is 18.5 Å². The van der Waals surface area contributed by atoms with Gasteiger partial charge in [-0.2, -0.15) is 0 Å². The molecule has 0 aromatic heterocycles. The van der Waals surface area contributed by atoms with Crippen molar-refractivity contribution in [1.29, 1.82) is 0 Å². The molecule has 0 spiro atoms. The van der Waals surface area contributed by atoms with Crippen LogP contribution in [0.15, 0.2) is 29.3 Å². The van der Waals surface area contributed by atoms with Gasteiger partial charge in [-0.3, -0.25) is 0 Å². The molecule has 0 unspecified atom stereocenters. The molecule has 77 valence electrons. The molecule has 1 heterocycles. The van der Waals surface area contributed by atoms with Gasteiger partial charge in [0.15, 0.2) is 0 Å². The van der Waals surface area contributed by atoms with Gasteiger partial charge >= 0.3 is 7.48 Å². The molecule has 0 bridgehead atoms. The van der Waals surface area contributed by atoms with Crippen molar-refractivity contribution in [3.05, 3.63) is 29.8 Å². The van der Waals surface area contributed by atoms with E-state index in [1.807, 2.05) is 38.1 Å². The normalized spacial score (nSPS) is 18.2. The molecule has 0 amide bonds. The number of hydrogen-bond donors (Lipinski definition) is 1. The van der Waals surface area contributed by atoms with Crippen LogP contribution < -0.4 is 5.46 Å². The third-order valence-electron chi connectivity index (χ3n) is 2.25. The van der Waals surface area contributed by atoms with Crippen molar-refractivity contribution in [2.45, 2.75) is 19.4 Å². The molecule has 0 atom stereocenters. The average molecular weight is 202 g/mol. The molecule has 0 fully saturated rings. The molecule has 4 heteroatoms. The number of hydrogen-bond acceptors (Lipinski definition) is 3. The highest BCUT2D eigenvalue weighted by atomic mass is 16.5. The van der Waals surface area contributed by atoms with Crippen molar-refractivity contribution >= 4 is 18.8 Å². The van der Waals surface area contributed by atoms with Crippen LogP contribution in [0.25, 0.3) is 0 Å². The summed E-state index contributed by atoms with van der Waals surface area (Å²) >= 11 is 0. The molecule has 0 aliphatic carbocycles. The van der Waals surface area contributed by atoms with Gasteiger partial charge in [-0.15, -0.1) is 0 Å². The van der Waals surface area contributed by atoms with Crippen LogP contribution >= 0.6 is 0 Å². The fraction of sp³-hybridized carbons (Fsp3) is 0.364. The van der Waals surface area contributed by atoms with Crippen LogP contribution in [0.2, 0.25) is 0 Å². The Kier molecular flexibility index (Phi) is 2.53. The third-order valence-corrected chi connectivity index (χ3v) is 2.25. The molecule has 0 saturated heterocycles. The molecule has 2 rings (SSSR count). The third kappa shape index (κ3) is 2.21. The Morgan fingerprint density at radius 2 is 2.27 bits per heavy atom. The Hall–Kier alpha value is -1.29. The predicted octanol–water partition coefficient (Wildman–Crippen LogP) is 0.479. The van der Waals surface area contributed by atoms with E-state index < -0.39 is 0 Å². The van der Waals surface area contributed by atoms with E-state index in [-0.39, 0.29) is 5.54 Å². The highest BCUT2D eigenvalue weighted by molar-refractivity contribution is 6.45. The Morgan fingerprint density at radius 3 is 2.87 bits per heavy atom. The highest BCUT2D eigenvalue weighted by Crippen LogP contribution is 2.19. The zero-order chi connectivity index (χ0) is 10.9. The van der Waals surface area contributed by atoms with Crippen LogP contribution in [0.1, 0.15) is 19.4 Å². The lowest BCUT2D eigenvalue weighted by molar-refractivity contribution is 0.279. The van der Waals surface area contributed by atoms with E-state index in [1.54, 1.807) is 0 Å². The lowest BCUT2D eigenvalue weighted by Crippen LogP contribution is -2.17. The van der Waals surface area contributed by atoms with Crippen molar-refractivity contribution in [3.8, 4) is 0 Å². The van der Waals surface area contributed by atoms with E-state index in [1.165, 1.54) is 0 Å². The van der Waals surface area contributed by atoms with Crippen molar-refractivity contribution in [1.82, 2.24) is 0 Å². The second-order valence-corrected chi connectivity index (χ2v) is 4.27. The van der Waals surface area contributed by atoms with Crippen molar-refractivity contribution < 1.29 is 9.76 Å². The molecular formula is C11H13BNO2. The van der Waals surface area contributed by atoms with Crippen LogP contribution in [0.3, 0.4) is 0 Å². The Morgan fingerprint density at radius 1 is 1.47 bits per heavy atom. The maximum Gasteiger partial charge on any atom is 0.326 e. The van der Waals surface area contributed by atoms with E-state index in [0.29, 0.717) is 12.5 Å². The summed E-state index contributed by atoms with van der Waals surface area (Å²) in [6.45, 7) is 4.67. The summed E-state index contributed by atoms with van der Waals surface area (Å²) in [5, 5.41) is 8.90. The topological polar surface area (TPSA) is 41.8 Å². The Balaban J connectivity index is 2.31. The van der Waals surface area contributed by atoms with Gasteiger partial charge in [-0.1, -0.05) is 23.7 Å². The van der Waals surface area contributed by atoms with Crippen molar-refractivity contribution in [2.75, 3.05) is 6.61 Å². The van der Waals surface area contributed by atoms with Crippen LogP contribution in [-0.4, -0.2) is 30.5 Å². The van der Waals surface area contributed by atoms with E-state index in [9.17, 15) is 0 Å². The predicted molar refractivity (Wildman–Crippen MR) is 60.6 cm³/mol. The summed E-state index contributed by atoms with van der Waals surface area (Å²) in [6, 6.07) is 7.46. The fourth-order valence-electron chi connectivity index (χ4n) is 1.48. The smallest absolute Gasteiger partial charge is 0.326 e. The molecule has 1 radical (unpaired) electrons. The Labute approximate surface area is 90.1 Å². The fourth-order valence-corrected chi connectivity index (χ4v) is 1.48. The van der Waals surface area contributed by atoms with Crippen molar-refractivity contribution in [3.63, 3.8) is 0 Å². The number of benzene rings is 1. The van der Waals surface area contributed by atoms with Gasteiger partial charge in [0.2, 0.25) is 5.90 Å². The second kappa shape index (κ2) is 3.70. The molecule has 1 aromatic carbocycles. The summed E-state index contributed by atoms with van der Waals surface area (Å²) < 4.78 is 5.51. The van der Waals surface area contributed by atoms with Gasteiger partial charge in [0.05, 0.1) is 5.54 Å². The molecule has 3 nitrogen and oxygen atoms in total. The molecule has 1 aliphatic rings. The maximum absolute atomic E-state index is 8.90. The molecule has 1 aromatic rings. The minimum absolute atomic E-state index is 0.145. The van der Waals surface area contributed by atoms with Crippen LogP contribution in [0.5, 0.6) is 0 Å². The van der Waals surface area contributed by atoms with E-state index in [2.05, 4.69) is 4.99 Å². The second-order valence-electron chi connectivity index (χ2n) is 4.27. The minimum Gasteiger partial charge on any atom is -0.475 e. The van der Waals surface area contributed by atoms with Gasteiger partial charge in [-0.05, 0) is 19.9 Å². The first-order valence-corrected chi connectivity index (χ1v) is 4.91. The monoisotopic (exact) mass is 202 g/mol. The molecule has 1 aliphatic heterocycles. The quantitative estimate of drug-likeness (QED) is 0.708. The van der Waals surface area contributed by atoms with Gasteiger partial charge < -0.3 is 9.76 Å². The summed E-state index contributed by atoms with van der Waals surface area (Å²) in [7, 11) is 1.07. The van der Waals surface area contributed by atoms with Gasteiger partial charge in [0, 0.05) is 5.56 Å². The minimum atomic E-state index is -0.145. The summed E-state index contributed by atoms with van der Waals surface area (Å²) in [5.74, 6) is 0.656. The van der Waals surface area contributed by atoms with Gasteiger partial charge in [0.1, 0.15) is 6.61 Å². The molecule has 15 heavy (non-hydrogen) atoms. The van der Waals surface area contributed by atoms with Crippen molar-refractivity contribution in [2.24, 2.45) is 4.99 Å². The van der Waals surface area contributed by atoms with E-state index in [4.69, 9.17) is 9.76 Å².